The SMILES string of the molecule is Cc1ccc(NC(=O)C2=NCCN2)cc1. The number of rotatable bonds is 2. The van der Waals surface area contributed by atoms with Crippen LogP contribution in [0.25, 0.3) is 0 Å². The van der Waals surface area contributed by atoms with Gasteiger partial charge in [-0.25, -0.2) is 0 Å². The molecular formula is C11H13N3O. The topological polar surface area (TPSA) is 53.5 Å². The van der Waals surface area contributed by atoms with Crippen LogP contribution in [-0.2, 0) is 4.79 Å². The van der Waals surface area contributed by atoms with E-state index < -0.39 is 0 Å². The summed E-state index contributed by atoms with van der Waals surface area (Å²) in [6, 6.07) is 7.67. The first-order valence-electron chi connectivity index (χ1n) is 4.92. The van der Waals surface area contributed by atoms with Gasteiger partial charge in [0.25, 0.3) is 5.91 Å². The van der Waals surface area contributed by atoms with Crippen LogP contribution < -0.4 is 10.6 Å². The van der Waals surface area contributed by atoms with Crippen LogP contribution in [0.1, 0.15) is 5.56 Å². The summed E-state index contributed by atoms with van der Waals surface area (Å²) in [5.74, 6) is 0.256. The molecule has 0 fully saturated rings. The summed E-state index contributed by atoms with van der Waals surface area (Å²) in [7, 11) is 0. The highest BCUT2D eigenvalue weighted by molar-refractivity contribution is 6.42. The van der Waals surface area contributed by atoms with Crippen molar-refractivity contribution in [1.29, 1.82) is 0 Å². The quantitative estimate of drug-likeness (QED) is 0.751. The molecule has 0 radical (unpaired) electrons. The van der Waals surface area contributed by atoms with Crippen molar-refractivity contribution >= 4 is 17.4 Å². The van der Waals surface area contributed by atoms with Gasteiger partial charge in [0.1, 0.15) is 0 Å². The Labute approximate surface area is 88.4 Å². The second-order valence-electron chi connectivity index (χ2n) is 3.48. The molecule has 0 bridgehead atoms. The molecule has 0 atom stereocenters. The van der Waals surface area contributed by atoms with Crippen molar-refractivity contribution in [3.8, 4) is 0 Å². The maximum absolute atomic E-state index is 11.6. The van der Waals surface area contributed by atoms with Crippen molar-refractivity contribution < 1.29 is 4.79 Å². The van der Waals surface area contributed by atoms with Gasteiger partial charge in [0.05, 0.1) is 6.54 Å². The summed E-state index contributed by atoms with van der Waals surface area (Å²) in [6.07, 6.45) is 0. The van der Waals surface area contributed by atoms with E-state index in [2.05, 4.69) is 15.6 Å². The zero-order valence-corrected chi connectivity index (χ0v) is 8.58. The number of anilines is 1. The minimum absolute atomic E-state index is 0.170. The number of hydrogen-bond donors (Lipinski definition) is 2. The van der Waals surface area contributed by atoms with Crippen LogP contribution >= 0.6 is 0 Å². The van der Waals surface area contributed by atoms with E-state index in [1.807, 2.05) is 31.2 Å². The summed E-state index contributed by atoms with van der Waals surface area (Å²) in [4.78, 5) is 15.6. The lowest BCUT2D eigenvalue weighted by Gasteiger charge is -2.05. The van der Waals surface area contributed by atoms with Gasteiger partial charge in [0.2, 0.25) is 0 Å². The molecule has 0 aromatic heterocycles. The van der Waals surface area contributed by atoms with E-state index in [9.17, 15) is 4.79 Å². The molecule has 0 spiro atoms. The Morgan fingerprint density at radius 1 is 1.40 bits per heavy atom. The molecule has 1 aliphatic rings. The molecule has 0 saturated carbocycles. The summed E-state index contributed by atoms with van der Waals surface area (Å²) in [6.45, 7) is 3.43. The average molecular weight is 203 g/mol. The molecule has 15 heavy (non-hydrogen) atoms. The Morgan fingerprint density at radius 3 is 2.73 bits per heavy atom. The van der Waals surface area contributed by atoms with Crippen LogP contribution in [0.5, 0.6) is 0 Å². The van der Waals surface area contributed by atoms with E-state index in [0.29, 0.717) is 12.4 Å². The molecule has 1 aromatic rings. The van der Waals surface area contributed by atoms with Crippen LogP contribution in [0.3, 0.4) is 0 Å². The number of aliphatic imine (C=N–C) groups is 1. The molecule has 1 aromatic carbocycles. The molecule has 0 aliphatic carbocycles. The molecule has 1 aliphatic heterocycles. The van der Waals surface area contributed by atoms with E-state index in [4.69, 9.17) is 0 Å². The van der Waals surface area contributed by atoms with Crippen LogP contribution in [0.4, 0.5) is 5.69 Å². The highest BCUT2D eigenvalue weighted by atomic mass is 16.2. The van der Waals surface area contributed by atoms with Crippen LogP contribution in [0.2, 0.25) is 0 Å². The monoisotopic (exact) mass is 203 g/mol. The largest absolute Gasteiger partial charge is 0.364 e. The van der Waals surface area contributed by atoms with Gasteiger partial charge in [0.15, 0.2) is 5.84 Å². The maximum atomic E-state index is 11.6. The molecule has 1 heterocycles. The fourth-order valence-corrected chi connectivity index (χ4v) is 1.38. The minimum Gasteiger partial charge on any atom is -0.364 e. The van der Waals surface area contributed by atoms with Crippen LogP contribution in [-0.4, -0.2) is 24.8 Å². The Kier molecular flexibility index (Phi) is 2.67. The van der Waals surface area contributed by atoms with Crippen molar-refractivity contribution in [1.82, 2.24) is 5.32 Å². The van der Waals surface area contributed by atoms with E-state index in [1.54, 1.807) is 0 Å². The highest BCUT2D eigenvalue weighted by Crippen LogP contribution is 2.08. The fraction of sp³-hybridized carbons (Fsp3) is 0.273. The standard InChI is InChI=1S/C11H13N3O/c1-8-2-4-9(5-3-8)14-11(15)10-12-6-7-13-10/h2-5H,6-7H2,1H3,(H,12,13)(H,14,15). The lowest BCUT2D eigenvalue weighted by atomic mass is 10.2. The predicted octanol–water partition coefficient (Wildman–Crippen LogP) is 0.935. The lowest BCUT2D eigenvalue weighted by molar-refractivity contribution is -0.110. The summed E-state index contributed by atoms with van der Waals surface area (Å²) >= 11 is 0. The van der Waals surface area contributed by atoms with Crippen molar-refractivity contribution in [2.24, 2.45) is 4.99 Å². The van der Waals surface area contributed by atoms with E-state index in [1.165, 1.54) is 5.56 Å². The first-order chi connectivity index (χ1) is 7.25. The van der Waals surface area contributed by atoms with Crippen molar-refractivity contribution in [2.75, 3.05) is 18.4 Å². The second-order valence-corrected chi connectivity index (χ2v) is 3.48. The van der Waals surface area contributed by atoms with Gasteiger partial charge in [-0.3, -0.25) is 9.79 Å². The molecular weight excluding hydrogens is 190 g/mol. The Balaban J connectivity index is 2.02. The van der Waals surface area contributed by atoms with Gasteiger partial charge in [-0.2, -0.15) is 0 Å². The van der Waals surface area contributed by atoms with Gasteiger partial charge in [-0.05, 0) is 19.1 Å². The molecule has 4 nitrogen and oxygen atoms in total. The molecule has 2 rings (SSSR count). The van der Waals surface area contributed by atoms with Crippen molar-refractivity contribution in [2.45, 2.75) is 6.92 Å². The summed E-state index contributed by atoms with van der Waals surface area (Å²) in [5.41, 5.74) is 1.96. The molecule has 2 N–H and O–H groups in total. The molecule has 0 unspecified atom stereocenters. The molecule has 1 amide bonds. The Hall–Kier alpha value is -1.84. The third-order valence-corrected chi connectivity index (χ3v) is 2.20. The maximum Gasteiger partial charge on any atom is 0.290 e. The zero-order chi connectivity index (χ0) is 10.7. The third-order valence-electron chi connectivity index (χ3n) is 2.20. The van der Waals surface area contributed by atoms with Gasteiger partial charge < -0.3 is 10.6 Å². The number of amidine groups is 1. The van der Waals surface area contributed by atoms with Crippen molar-refractivity contribution in [3.05, 3.63) is 29.8 Å². The number of benzene rings is 1. The predicted molar refractivity (Wildman–Crippen MR) is 60.1 cm³/mol. The number of hydrogen-bond acceptors (Lipinski definition) is 3. The highest BCUT2D eigenvalue weighted by Gasteiger charge is 2.14. The molecule has 0 saturated heterocycles. The number of carbonyl (C=O) groups is 1. The Bertz CT molecular complexity index is 395. The summed E-state index contributed by atoms with van der Waals surface area (Å²) in [5, 5.41) is 5.70. The zero-order valence-electron chi connectivity index (χ0n) is 8.58. The van der Waals surface area contributed by atoms with Gasteiger partial charge >= 0.3 is 0 Å². The third kappa shape index (κ3) is 2.34. The normalized spacial score (nSPS) is 14.3. The van der Waals surface area contributed by atoms with Crippen LogP contribution in [0, 0.1) is 6.92 Å². The van der Waals surface area contributed by atoms with Gasteiger partial charge in [-0.1, -0.05) is 17.7 Å². The average Bonchev–Trinajstić information content (AvgIpc) is 2.74. The number of amides is 1. The number of nitrogens with one attached hydrogen (secondary N) is 2. The van der Waals surface area contributed by atoms with E-state index in [-0.39, 0.29) is 5.91 Å². The Morgan fingerprint density at radius 2 is 2.13 bits per heavy atom. The van der Waals surface area contributed by atoms with E-state index in [0.717, 1.165) is 12.2 Å². The number of aryl methyl sites for hydroxylation is 1. The summed E-state index contributed by atoms with van der Waals surface area (Å²) < 4.78 is 0. The molecule has 4 heteroatoms. The van der Waals surface area contributed by atoms with E-state index >= 15 is 0 Å². The first kappa shape index (κ1) is 9.71. The van der Waals surface area contributed by atoms with Crippen LogP contribution in [0.15, 0.2) is 29.3 Å². The second kappa shape index (κ2) is 4.13. The minimum atomic E-state index is -0.170. The first-order valence-corrected chi connectivity index (χ1v) is 4.92. The lowest BCUT2D eigenvalue weighted by Crippen LogP contribution is -2.32. The van der Waals surface area contributed by atoms with Gasteiger partial charge in [-0.15, -0.1) is 0 Å². The van der Waals surface area contributed by atoms with Crippen molar-refractivity contribution in [3.63, 3.8) is 0 Å². The smallest absolute Gasteiger partial charge is 0.290 e. The van der Waals surface area contributed by atoms with Gasteiger partial charge in [0, 0.05) is 12.2 Å². The number of carbonyl (C=O) groups excluding carboxylic acids is 1. The number of nitrogens with zero attached hydrogens (tertiary/aromatic N) is 1. The fourth-order valence-electron chi connectivity index (χ4n) is 1.38. The molecule has 78 valence electrons.